The number of aryl methyl sites for hydroxylation is 1. The van der Waals surface area contributed by atoms with Gasteiger partial charge in [0.05, 0.1) is 5.69 Å². The third kappa shape index (κ3) is 1.40. The van der Waals surface area contributed by atoms with Crippen molar-refractivity contribution in [2.75, 3.05) is 0 Å². The monoisotopic (exact) mass is 178 g/mol. The van der Waals surface area contributed by atoms with Gasteiger partial charge >= 0.3 is 0 Å². The number of aromatic nitrogens is 2. The van der Waals surface area contributed by atoms with Gasteiger partial charge in [0.25, 0.3) is 5.56 Å². The summed E-state index contributed by atoms with van der Waals surface area (Å²) >= 11 is 0. The standard InChI is InChI=1S/C10H10N2O/c1-8-7-10(13)12(11-8)9-5-3-2-4-6-9/h2-7,11H,1H3/i1D3/hD. The van der Waals surface area contributed by atoms with Gasteiger partial charge in [0, 0.05) is 15.9 Å². The fourth-order valence-corrected chi connectivity index (χ4v) is 1.12. The van der Waals surface area contributed by atoms with E-state index in [0.29, 0.717) is 10.8 Å². The van der Waals surface area contributed by atoms with Crippen LogP contribution in [0, 0.1) is 6.85 Å². The molecule has 1 N–H and O–H groups in total. The van der Waals surface area contributed by atoms with Crippen LogP contribution in [0.15, 0.2) is 41.2 Å². The third-order valence-electron chi connectivity index (χ3n) is 1.68. The van der Waals surface area contributed by atoms with Gasteiger partial charge in [0.2, 0.25) is 0 Å². The molecule has 3 nitrogen and oxygen atoms in total. The van der Waals surface area contributed by atoms with Crippen molar-refractivity contribution in [1.29, 1.82) is 0 Å². The largest absolute Gasteiger partial charge is 0.295 e. The number of aromatic amines is 1. The number of nitrogens with one attached hydrogen (secondary N) is 1. The Hall–Kier alpha value is -1.77. The second-order valence-electron chi connectivity index (χ2n) is 2.62. The van der Waals surface area contributed by atoms with Crippen LogP contribution in [0.5, 0.6) is 0 Å². The quantitative estimate of drug-likeness (QED) is 0.705. The number of hydrogen-bond donors (Lipinski definition) is 1. The number of rotatable bonds is 1. The van der Waals surface area contributed by atoms with Gasteiger partial charge in [-0.25, -0.2) is 4.68 Å². The van der Waals surface area contributed by atoms with Crippen LogP contribution in [0.25, 0.3) is 5.69 Å². The van der Waals surface area contributed by atoms with Crippen LogP contribution in [-0.4, -0.2) is 9.77 Å². The van der Waals surface area contributed by atoms with E-state index in [1.165, 1.54) is 0 Å². The van der Waals surface area contributed by atoms with Gasteiger partial charge in [0.15, 0.2) is 1.41 Å². The van der Waals surface area contributed by atoms with Crippen molar-refractivity contribution in [2.24, 2.45) is 0 Å². The molecule has 0 spiro atoms. The van der Waals surface area contributed by atoms with Gasteiger partial charge in [-0.2, -0.15) is 0 Å². The van der Waals surface area contributed by atoms with Crippen LogP contribution in [0.3, 0.4) is 0 Å². The molecule has 0 aliphatic rings. The molecule has 0 fully saturated rings. The van der Waals surface area contributed by atoms with E-state index in [-0.39, 0.29) is 5.69 Å². The Balaban J connectivity index is 2.66. The summed E-state index contributed by atoms with van der Waals surface area (Å²) in [7, 11) is 0. The average Bonchev–Trinajstić information content (AvgIpc) is 2.55. The third-order valence-corrected chi connectivity index (χ3v) is 1.68. The Morgan fingerprint density at radius 2 is 2.23 bits per heavy atom. The summed E-state index contributed by atoms with van der Waals surface area (Å²) in [4.78, 5) is 11.7. The minimum atomic E-state index is -2.47. The lowest BCUT2D eigenvalue weighted by Gasteiger charge is -1.99. The van der Waals surface area contributed by atoms with Crippen LogP contribution in [-0.2, 0) is 0 Å². The highest BCUT2D eigenvalue weighted by Crippen LogP contribution is 2.02. The van der Waals surface area contributed by atoms with Crippen LogP contribution < -0.4 is 5.56 Å². The molecule has 1 aromatic carbocycles. The summed E-state index contributed by atoms with van der Waals surface area (Å²) in [6.07, 6.45) is 0. The first-order valence-electron chi connectivity index (χ1n) is 5.76. The lowest BCUT2D eigenvalue weighted by Crippen LogP contribution is -2.12. The topological polar surface area (TPSA) is 37.8 Å². The second-order valence-corrected chi connectivity index (χ2v) is 2.62. The van der Waals surface area contributed by atoms with E-state index in [4.69, 9.17) is 5.52 Å². The van der Waals surface area contributed by atoms with Crippen LogP contribution in [0.2, 0.25) is 1.41 Å². The van der Waals surface area contributed by atoms with E-state index < -0.39 is 12.4 Å². The predicted molar refractivity (Wildman–Crippen MR) is 51.1 cm³/mol. The van der Waals surface area contributed by atoms with Gasteiger partial charge in [-0.05, 0) is 19.0 Å². The highest BCUT2D eigenvalue weighted by Gasteiger charge is 1.99. The fraction of sp³-hybridized carbons (Fsp3) is 0.100. The Labute approximate surface area is 81.3 Å². The van der Waals surface area contributed by atoms with E-state index >= 15 is 0 Å². The molecule has 2 rings (SSSR count). The zero-order valence-corrected chi connectivity index (χ0v) is 6.77. The van der Waals surface area contributed by atoms with E-state index in [0.717, 1.165) is 10.7 Å². The maximum Gasteiger partial charge on any atom is 0.271 e. The zero-order valence-electron chi connectivity index (χ0n) is 10.8. The highest BCUT2D eigenvalue weighted by atomic mass is 16.1. The lowest BCUT2D eigenvalue weighted by molar-refractivity contribution is 0.835. The number of para-hydroxylation sites is 1. The van der Waals surface area contributed by atoms with Gasteiger partial charge in [0.1, 0.15) is 0 Å². The van der Waals surface area contributed by atoms with Crippen molar-refractivity contribution in [3.05, 3.63) is 52.4 Å². The molecule has 0 saturated heterocycles. The molecule has 0 amide bonds. The molecule has 0 aliphatic heterocycles. The maximum atomic E-state index is 11.7. The Kier molecular flexibility index (Phi) is 1.01. The number of hydrogen-bond acceptors (Lipinski definition) is 1. The number of H-pyrrole nitrogens is 1. The van der Waals surface area contributed by atoms with Crippen molar-refractivity contribution in [2.45, 2.75) is 6.85 Å². The molecule has 1 aromatic heterocycles. The zero-order chi connectivity index (χ0) is 12.6. The predicted octanol–water partition coefficient (Wildman–Crippen LogP) is 1.47. The van der Waals surface area contributed by atoms with E-state index in [9.17, 15) is 4.79 Å². The average molecular weight is 178 g/mol. The molecule has 3 heteroatoms. The summed E-state index contributed by atoms with van der Waals surface area (Å²) in [5.74, 6) is 0. The molecule has 0 unspecified atom stereocenters. The van der Waals surface area contributed by atoms with Crippen molar-refractivity contribution in [1.82, 2.24) is 9.77 Å². The molecule has 13 heavy (non-hydrogen) atoms. The Bertz CT molecular complexity index is 583. The lowest BCUT2D eigenvalue weighted by atomic mass is 10.3. The van der Waals surface area contributed by atoms with E-state index in [1.807, 2.05) is 0 Å². The normalized spacial score (nSPS) is 15.7. The first-order chi connectivity index (χ1) is 7.91. The SMILES string of the molecule is [2H]n1c(C([2H])([2H])[2H])cc(=O)n1-c1ccccc1. The van der Waals surface area contributed by atoms with Crippen molar-refractivity contribution in [3.63, 3.8) is 0 Å². The van der Waals surface area contributed by atoms with E-state index in [1.54, 1.807) is 30.3 Å². The van der Waals surface area contributed by atoms with Gasteiger partial charge in [-0.15, -0.1) is 0 Å². The minimum absolute atomic E-state index is 0.300. The minimum Gasteiger partial charge on any atom is -0.295 e. The molecule has 1 heterocycles. The van der Waals surface area contributed by atoms with Gasteiger partial charge in [-0.3, -0.25) is 9.89 Å². The fourth-order valence-electron chi connectivity index (χ4n) is 1.12. The van der Waals surface area contributed by atoms with Crippen molar-refractivity contribution >= 4 is 0 Å². The number of benzene rings is 1. The van der Waals surface area contributed by atoms with Crippen LogP contribution in [0.4, 0.5) is 0 Å². The van der Waals surface area contributed by atoms with Crippen LogP contribution >= 0.6 is 0 Å². The molecular weight excluding hydrogens is 164 g/mol. The first kappa shape index (κ1) is 4.46. The van der Waals surface area contributed by atoms with Crippen LogP contribution in [0.1, 0.15) is 9.81 Å². The Morgan fingerprint density at radius 1 is 1.46 bits per heavy atom. The highest BCUT2D eigenvalue weighted by molar-refractivity contribution is 5.30. The molecule has 0 saturated carbocycles. The summed E-state index contributed by atoms with van der Waals surface area (Å²) in [6.45, 7) is -2.47. The maximum absolute atomic E-state index is 11.7. The molecule has 0 atom stereocenters. The van der Waals surface area contributed by atoms with Gasteiger partial charge < -0.3 is 0 Å². The summed E-state index contributed by atoms with van der Waals surface area (Å²) in [6, 6.07) is 9.43. The first-order valence-corrected chi connectivity index (χ1v) is 3.81. The number of nitrogens with zero attached hydrogens (tertiary/aromatic N) is 1. The molecule has 2 aromatic rings. The van der Waals surface area contributed by atoms with Crippen molar-refractivity contribution in [3.8, 4) is 5.69 Å². The van der Waals surface area contributed by atoms with Crippen molar-refractivity contribution < 1.29 is 5.52 Å². The smallest absolute Gasteiger partial charge is 0.271 e. The van der Waals surface area contributed by atoms with E-state index in [2.05, 4.69) is 0 Å². The Morgan fingerprint density at radius 3 is 2.85 bits per heavy atom. The summed E-state index contributed by atoms with van der Waals surface area (Å²) in [5.41, 5.74) is -0.369. The molecule has 0 radical (unpaired) electrons. The molecule has 66 valence electrons. The summed E-state index contributed by atoms with van der Waals surface area (Å²) < 4.78 is 30.4. The van der Waals surface area contributed by atoms with Gasteiger partial charge in [-0.1, -0.05) is 18.2 Å². The summed E-state index contributed by atoms with van der Waals surface area (Å²) in [5, 5.41) is 0.616. The second kappa shape index (κ2) is 2.94. The molecule has 0 aliphatic carbocycles. The molecular formula is C10H10N2O. The molecule has 0 bridgehead atoms.